The fourth-order valence-corrected chi connectivity index (χ4v) is 2.63. The SMILES string of the molecule is CCOC(=O)CN1C(=O)C(CC)(CC)Oc2ccc(N)cc21. The summed E-state index contributed by atoms with van der Waals surface area (Å²) in [4.78, 5) is 26.1. The first kappa shape index (κ1) is 16.1. The van der Waals surface area contributed by atoms with Crippen LogP contribution < -0.4 is 15.4 Å². The number of amides is 1. The van der Waals surface area contributed by atoms with Crippen LogP contribution in [0.2, 0.25) is 0 Å². The molecule has 6 heteroatoms. The average Bonchev–Trinajstić information content (AvgIpc) is 2.51. The van der Waals surface area contributed by atoms with Gasteiger partial charge in [-0.05, 0) is 38.0 Å². The zero-order valence-electron chi connectivity index (χ0n) is 13.2. The minimum Gasteiger partial charge on any atom is -0.475 e. The van der Waals surface area contributed by atoms with E-state index in [1.165, 1.54) is 4.90 Å². The Hall–Kier alpha value is -2.24. The van der Waals surface area contributed by atoms with Crippen LogP contribution in [0.5, 0.6) is 5.75 Å². The average molecular weight is 306 g/mol. The monoisotopic (exact) mass is 306 g/mol. The summed E-state index contributed by atoms with van der Waals surface area (Å²) in [6.07, 6.45) is 1.04. The van der Waals surface area contributed by atoms with Crippen molar-refractivity contribution in [3.05, 3.63) is 18.2 Å². The van der Waals surface area contributed by atoms with Crippen LogP contribution in [0.15, 0.2) is 18.2 Å². The number of carbonyl (C=O) groups excluding carboxylic acids is 2. The van der Waals surface area contributed by atoms with Crippen molar-refractivity contribution < 1.29 is 19.1 Å². The summed E-state index contributed by atoms with van der Waals surface area (Å²) in [6, 6.07) is 5.09. The molecule has 1 aromatic carbocycles. The molecule has 1 heterocycles. The molecule has 0 unspecified atom stereocenters. The molecular formula is C16H22N2O4. The van der Waals surface area contributed by atoms with E-state index in [1.807, 2.05) is 13.8 Å². The molecule has 1 aliphatic heterocycles. The number of nitrogen functional groups attached to an aromatic ring is 1. The van der Waals surface area contributed by atoms with E-state index in [1.54, 1.807) is 25.1 Å². The van der Waals surface area contributed by atoms with Crippen molar-refractivity contribution in [3.8, 4) is 5.75 Å². The Morgan fingerprint density at radius 2 is 2.00 bits per heavy atom. The van der Waals surface area contributed by atoms with Gasteiger partial charge in [0.05, 0.1) is 12.3 Å². The largest absolute Gasteiger partial charge is 0.475 e. The standard InChI is InChI=1S/C16H22N2O4/c1-4-16(5-2)15(20)18(10-14(19)21-6-3)12-9-11(17)7-8-13(12)22-16/h7-9H,4-6,10,17H2,1-3H3. The van der Waals surface area contributed by atoms with Crippen molar-refractivity contribution in [2.45, 2.75) is 39.2 Å². The van der Waals surface area contributed by atoms with Crippen LogP contribution in [0.25, 0.3) is 0 Å². The first-order chi connectivity index (χ1) is 10.5. The first-order valence-electron chi connectivity index (χ1n) is 7.53. The Morgan fingerprint density at radius 1 is 1.32 bits per heavy atom. The van der Waals surface area contributed by atoms with E-state index in [2.05, 4.69) is 0 Å². The molecule has 0 saturated carbocycles. The van der Waals surface area contributed by atoms with Gasteiger partial charge in [-0.3, -0.25) is 14.5 Å². The van der Waals surface area contributed by atoms with Crippen molar-refractivity contribution in [1.29, 1.82) is 0 Å². The molecule has 22 heavy (non-hydrogen) atoms. The highest BCUT2D eigenvalue weighted by Crippen LogP contribution is 2.41. The van der Waals surface area contributed by atoms with Crippen molar-refractivity contribution in [2.24, 2.45) is 0 Å². The smallest absolute Gasteiger partial charge is 0.326 e. The number of carbonyl (C=O) groups is 2. The summed E-state index contributed by atoms with van der Waals surface area (Å²) in [5, 5.41) is 0. The van der Waals surface area contributed by atoms with Gasteiger partial charge < -0.3 is 15.2 Å². The number of fused-ring (bicyclic) bond motifs is 1. The molecule has 0 bridgehead atoms. The number of rotatable bonds is 5. The highest BCUT2D eigenvalue weighted by Gasteiger charge is 2.46. The number of hydrogen-bond acceptors (Lipinski definition) is 5. The van der Waals surface area contributed by atoms with Crippen molar-refractivity contribution in [3.63, 3.8) is 0 Å². The second-order valence-corrected chi connectivity index (χ2v) is 5.23. The topological polar surface area (TPSA) is 81.9 Å². The molecule has 1 aromatic rings. The van der Waals surface area contributed by atoms with Gasteiger partial charge in [0.25, 0.3) is 5.91 Å². The third-order valence-electron chi connectivity index (χ3n) is 3.95. The number of hydrogen-bond donors (Lipinski definition) is 1. The zero-order chi connectivity index (χ0) is 16.3. The molecular weight excluding hydrogens is 284 g/mol. The lowest BCUT2D eigenvalue weighted by molar-refractivity contribution is -0.145. The predicted octanol–water partition coefficient (Wildman–Crippen LogP) is 2.12. The number of benzene rings is 1. The number of esters is 1. The lowest BCUT2D eigenvalue weighted by Gasteiger charge is -2.41. The molecule has 0 aliphatic carbocycles. The Labute approximate surface area is 130 Å². The molecule has 6 nitrogen and oxygen atoms in total. The second kappa shape index (κ2) is 6.25. The van der Waals surface area contributed by atoms with E-state index in [0.29, 0.717) is 30.0 Å². The van der Waals surface area contributed by atoms with E-state index in [0.717, 1.165) is 0 Å². The fourth-order valence-electron chi connectivity index (χ4n) is 2.63. The third kappa shape index (κ3) is 2.73. The number of nitrogens with two attached hydrogens (primary N) is 1. The van der Waals surface area contributed by atoms with Crippen molar-refractivity contribution in [1.82, 2.24) is 0 Å². The number of nitrogens with zero attached hydrogens (tertiary/aromatic N) is 1. The Bertz CT molecular complexity index is 582. The normalized spacial score (nSPS) is 16.0. The third-order valence-corrected chi connectivity index (χ3v) is 3.95. The van der Waals surface area contributed by atoms with E-state index in [-0.39, 0.29) is 19.1 Å². The predicted molar refractivity (Wildman–Crippen MR) is 83.8 cm³/mol. The van der Waals surface area contributed by atoms with Gasteiger partial charge in [-0.1, -0.05) is 13.8 Å². The van der Waals surface area contributed by atoms with Gasteiger partial charge in [0.2, 0.25) is 0 Å². The molecule has 0 atom stereocenters. The molecule has 0 spiro atoms. The van der Waals surface area contributed by atoms with Crippen LogP contribution in [0.4, 0.5) is 11.4 Å². The maximum absolute atomic E-state index is 12.9. The molecule has 1 aliphatic rings. The summed E-state index contributed by atoms with van der Waals surface area (Å²) >= 11 is 0. The molecule has 120 valence electrons. The van der Waals surface area contributed by atoms with Crippen LogP contribution in [-0.2, 0) is 14.3 Å². The van der Waals surface area contributed by atoms with E-state index in [9.17, 15) is 9.59 Å². The van der Waals surface area contributed by atoms with Gasteiger partial charge in [-0.2, -0.15) is 0 Å². The first-order valence-corrected chi connectivity index (χ1v) is 7.53. The molecule has 0 fully saturated rings. The van der Waals surface area contributed by atoms with Crippen molar-refractivity contribution in [2.75, 3.05) is 23.8 Å². The maximum Gasteiger partial charge on any atom is 0.326 e. The van der Waals surface area contributed by atoms with Crippen LogP contribution in [-0.4, -0.2) is 30.6 Å². The highest BCUT2D eigenvalue weighted by atomic mass is 16.5. The van der Waals surface area contributed by atoms with E-state index < -0.39 is 11.6 Å². The van der Waals surface area contributed by atoms with Crippen molar-refractivity contribution >= 4 is 23.3 Å². The lowest BCUT2D eigenvalue weighted by Crippen LogP contribution is -2.56. The fraction of sp³-hybridized carbons (Fsp3) is 0.500. The van der Waals surface area contributed by atoms with E-state index in [4.69, 9.17) is 15.2 Å². The van der Waals surface area contributed by atoms with Crippen LogP contribution in [0.1, 0.15) is 33.6 Å². The molecule has 0 saturated heterocycles. The lowest BCUT2D eigenvalue weighted by atomic mass is 9.92. The van der Waals surface area contributed by atoms with Gasteiger partial charge in [0.15, 0.2) is 5.60 Å². The van der Waals surface area contributed by atoms with Gasteiger partial charge in [0, 0.05) is 5.69 Å². The molecule has 2 rings (SSSR count). The minimum atomic E-state index is -0.949. The molecule has 0 aromatic heterocycles. The summed E-state index contributed by atoms with van der Waals surface area (Å²) in [7, 11) is 0. The maximum atomic E-state index is 12.9. The molecule has 0 radical (unpaired) electrons. The van der Waals surface area contributed by atoms with Crippen LogP contribution >= 0.6 is 0 Å². The van der Waals surface area contributed by atoms with E-state index >= 15 is 0 Å². The summed E-state index contributed by atoms with van der Waals surface area (Å²) in [5.41, 5.74) is 5.87. The second-order valence-electron chi connectivity index (χ2n) is 5.23. The highest BCUT2D eigenvalue weighted by molar-refractivity contribution is 6.05. The Kier molecular flexibility index (Phi) is 4.59. The zero-order valence-corrected chi connectivity index (χ0v) is 13.2. The Balaban J connectivity index is 2.46. The Morgan fingerprint density at radius 3 is 2.59 bits per heavy atom. The van der Waals surface area contributed by atoms with Gasteiger partial charge in [0.1, 0.15) is 12.3 Å². The summed E-state index contributed by atoms with van der Waals surface area (Å²) in [5.74, 6) is -0.127. The number of ether oxygens (including phenoxy) is 2. The van der Waals surface area contributed by atoms with Crippen LogP contribution in [0.3, 0.4) is 0 Å². The van der Waals surface area contributed by atoms with Gasteiger partial charge >= 0.3 is 5.97 Å². The molecule has 2 N–H and O–H groups in total. The van der Waals surface area contributed by atoms with Gasteiger partial charge in [-0.25, -0.2) is 0 Å². The van der Waals surface area contributed by atoms with Crippen LogP contribution in [0, 0.1) is 0 Å². The number of anilines is 2. The minimum absolute atomic E-state index is 0.145. The quantitative estimate of drug-likeness (QED) is 0.665. The summed E-state index contributed by atoms with van der Waals surface area (Å²) in [6.45, 7) is 5.65. The molecule has 1 amide bonds. The summed E-state index contributed by atoms with van der Waals surface area (Å²) < 4.78 is 10.9. The van der Waals surface area contributed by atoms with Gasteiger partial charge in [-0.15, -0.1) is 0 Å².